The molecule has 0 bridgehead atoms. The Kier molecular flexibility index (Phi) is 8.34. The highest BCUT2D eigenvalue weighted by Crippen LogP contribution is 2.23. The first kappa shape index (κ1) is 21.5. The molecule has 3 rings (SSSR count). The number of ether oxygens (including phenoxy) is 1. The van der Waals surface area contributed by atoms with Crippen LogP contribution in [-0.2, 0) is 9.59 Å². The van der Waals surface area contributed by atoms with E-state index in [0.29, 0.717) is 31.1 Å². The average molecular weight is 397 g/mol. The van der Waals surface area contributed by atoms with E-state index in [1.54, 1.807) is 7.11 Å². The van der Waals surface area contributed by atoms with Crippen LogP contribution in [0, 0.1) is 5.92 Å². The van der Waals surface area contributed by atoms with Crippen LogP contribution in [0.5, 0.6) is 5.75 Å². The lowest BCUT2D eigenvalue weighted by molar-refractivity contribution is -0.138. The van der Waals surface area contributed by atoms with Gasteiger partial charge in [-0.15, -0.1) is 12.4 Å². The lowest BCUT2D eigenvalue weighted by Crippen LogP contribution is -2.52. The average Bonchev–Trinajstić information content (AvgIpc) is 2.69. The normalized spacial score (nSPS) is 18.5. The van der Waals surface area contributed by atoms with Crippen LogP contribution >= 0.6 is 12.4 Å². The van der Waals surface area contributed by atoms with Crippen LogP contribution < -0.4 is 15.4 Å². The van der Waals surface area contributed by atoms with Gasteiger partial charge in [0.15, 0.2) is 0 Å². The Bertz CT molecular complexity index is 629. The molecule has 27 heavy (non-hydrogen) atoms. The summed E-state index contributed by atoms with van der Waals surface area (Å²) in [6.07, 6.45) is 1.86. The number of piperidine rings is 1. The van der Waals surface area contributed by atoms with Crippen molar-refractivity contribution < 1.29 is 14.3 Å². The Morgan fingerprint density at radius 3 is 2.48 bits per heavy atom. The second-order valence-electron chi connectivity index (χ2n) is 6.87. The molecule has 0 aliphatic carbocycles. The van der Waals surface area contributed by atoms with Crippen LogP contribution in [0.15, 0.2) is 24.3 Å². The topological polar surface area (TPSA) is 73.9 Å². The van der Waals surface area contributed by atoms with E-state index in [-0.39, 0.29) is 30.1 Å². The van der Waals surface area contributed by atoms with Crippen LogP contribution in [0.4, 0.5) is 5.69 Å². The van der Waals surface area contributed by atoms with E-state index in [9.17, 15) is 9.59 Å². The molecule has 8 heteroatoms. The molecule has 1 aromatic rings. The van der Waals surface area contributed by atoms with E-state index in [1.807, 2.05) is 29.2 Å². The number of halogens is 1. The third-order valence-corrected chi connectivity index (χ3v) is 5.12. The highest BCUT2D eigenvalue weighted by Gasteiger charge is 2.28. The van der Waals surface area contributed by atoms with Gasteiger partial charge in [0.1, 0.15) is 5.75 Å². The zero-order valence-electron chi connectivity index (χ0n) is 15.8. The van der Waals surface area contributed by atoms with E-state index in [4.69, 9.17) is 4.74 Å². The van der Waals surface area contributed by atoms with Crippen molar-refractivity contribution in [1.29, 1.82) is 0 Å². The molecule has 1 aromatic carbocycles. The first-order valence-corrected chi connectivity index (χ1v) is 9.32. The van der Waals surface area contributed by atoms with E-state index >= 15 is 0 Å². The predicted molar refractivity (Wildman–Crippen MR) is 107 cm³/mol. The number of rotatable bonds is 5. The minimum absolute atomic E-state index is 0. The maximum absolute atomic E-state index is 12.6. The molecule has 2 heterocycles. The number of para-hydroxylation sites is 2. The van der Waals surface area contributed by atoms with Gasteiger partial charge in [0.05, 0.1) is 19.3 Å². The number of amides is 2. The fourth-order valence-corrected chi connectivity index (χ4v) is 3.59. The fourth-order valence-electron chi connectivity index (χ4n) is 3.59. The molecule has 2 N–H and O–H groups in total. The Morgan fingerprint density at radius 1 is 1.15 bits per heavy atom. The second-order valence-corrected chi connectivity index (χ2v) is 6.87. The van der Waals surface area contributed by atoms with E-state index in [1.165, 1.54) is 0 Å². The number of hydrogen-bond acceptors (Lipinski definition) is 5. The molecule has 0 unspecified atom stereocenters. The second kappa shape index (κ2) is 10.5. The van der Waals surface area contributed by atoms with Crippen LogP contribution in [0.3, 0.4) is 0 Å². The molecule has 0 saturated carbocycles. The first-order chi connectivity index (χ1) is 12.7. The van der Waals surface area contributed by atoms with Crippen LogP contribution in [0.1, 0.15) is 12.8 Å². The molecule has 0 atom stereocenters. The van der Waals surface area contributed by atoms with Crippen molar-refractivity contribution in [3.63, 3.8) is 0 Å². The maximum Gasteiger partial charge on any atom is 0.238 e. The predicted octanol–water partition coefficient (Wildman–Crippen LogP) is 1.20. The van der Waals surface area contributed by atoms with Gasteiger partial charge in [-0.2, -0.15) is 0 Å². The van der Waals surface area contributed by atoms with Gasteiger partial charge in [-0.05, 0) is 38.1 Å². The first-order valence-electron chi connectivity index (χ1n) is 9.32. The van der Waals surface area contributed by atoms with Crippen molar-refractivity contribution in [2.75, 3.05) is 58.2 Å². The van der Waals surface area contributed by atoms with Gasteiger partial charge < -0.3 is 20.3 Å². The summed E-state index contributed by atoms with van der Waals surface area (Å²) in [7, 11) is 1.59. The number of benzene rings is 1. The summed E-state index contributed by atoms with van der Waals surface area (Å²) >= 11 is 0. The highest BCUT2D eigenvalue weighted by atomic mass is 35.5. The zero-order valence-corrected chi connectivity index (χ0v) is 16.6. The number of carbonyl (C=O) groups excluding carboxylic acids is 2. The minimum atomic E-state index is -0.0624. The number of piperazine rings is 1. The molecule has 7 nitrogen and oxygen atoms in total. The summed E-state index contributed by atoms with van der Waals surface area (Å²) in [5.74, 6) is 1.03. The number of carbonyl (C=O) groups is 2. The van der Waals surface area contributed by atoms with Crippen LogP contribution in [0.2, 0.25) is 0 Å². The van der Waals surface area contributed by atoms with Gasteiger partial charge in [0.25, 0.3) is 0 Å². The quantitative estimate of drug-likeness (QED) is 0.782. The summed E-state index contributed by atoms with van der Waals surface area (Å²) in [5.41, 5.74) is 0.680. The number of anilines is 1. The zero-order chi connectivity index (χ0) is 18.4. The molecule has 0 aromatic heterocycles. The third kappa shape index (κ3) is 5.82. The number of methoxy groups -OCH3 is 1. The van der Waals surface area contributed by atoms with Crippen molar-refractivity contribution in [2.24, 2.45) is 5.92 Å². The fraction of sp³-hybridized carbons (Fsp3) is 0.579. The number of nitrogens with one attached hydrogen (secondary N) is 2. The van der Waals surface area contributed by atoms with Crippen molar-refractivity contribution >= 4 is 29.9 Å². The molecule has 2 amide bonds. The van der Waals surface area contributed by atoms with Gasteiger partial charge in [0.2, 0.25) is 11.8 Å². The SMILES string of the molecule is COc1ccccc1NC(=O)CN1CCN(C(=O)C2CCNCC2)CC1.Cl. The smallest absolute Gasteiger partial charge is 0.238 e. The summed E-state index contributed by atoms with van der Waals surface area (Å²) in [4.78, 5) is 29.0. The summed E-state index contributed by atoms with van der Waals surface area (Å²) in [5, 5.41) is 6.20. The highest BCUT2D eigenvalue weighted by molar-refractivity contribution is 5.93. The van der Waals surface area contributed by atoms with Gasteiger partial charge in [-0.25, -0.2) is 0 Å². The molecule has 2 fully saturated rings. The van der Waals surface area contributed by atoms with Gasteiger partial charge in [-0.3, -0.25) is 14.5 Å². The van der Waals surface area contributed by atoms with Crippen molar-refractivity contribution in [3.8, 4) is 5.75 Å². The van der Waals surface area contributed by atoms with Gasteiger partial charge in [0, 0.05) is 32.1 Å². The molecule has 0 radical (unpaired) electrons. The van der Waals surface area contributed by atoms with Crippen molar-refractivity contribution in [3.05, 3.63) is 24.3 Å². The maximum atomic E-state index is 12.6. The largest absolute Gasteiger partial charge is 0.495 e. The molecule has 2 aliphatic heterocycles. The minimum Gasteiger partial charge on any atom is -0.495 e. The number of nitrogens with zero attached hydrogens (tertiary/aromatic N) is 2. The summed E-state index contributed by atoms with van der Waals surface area (Å²) < 4.78 is 5.26. The van der Waals surface area contributed by atoms with Gasteiger partial charge >= 0.3 is 0 Å². The molecular weight excluding hydrogens is 368 g/mol. The van der Waals surface area contributed by atoms with Crippen LogP contribution in [0.25, 0.3) is 0 Å². The monoisotopic (exact) mass is 396 g/mol. The summed E-state index contributed by atoms with van der Waals surface area (Å²) in [6.45, 7) is 5.05. The molecule has 2 saturated heterocycles. The molecule has 150 valence electrons. The molecule has 0 spiro atoms. The van der Waals surface area contributed by atoms with E-state index < -0.39 is 0 Å². The Hall–Kier alpha value is -1.83. The van der Waals surface area contributed by atoms with Gasteiger partial charge in [-0.1, -0.05) is 12.1 Å². The third-order valence-electron chi connectivity index (χ3n) is 5.12. The Balaban J connectivity index is 0.00000261. The molecule has 2 aliphatic rings. The van der Waals surface area contributed by atoms with E-state index in [0.717, 1.165) is 39.0 Å². The van der Waals surface area contributed by atoms with Crippen molar-refractivity contribution in [1.82, 2.24) is 15.1 Å². The van der Waals surface area contributed by atoms with Crippen LogP contribution in [-0.4, -0.2) is 74.5 Å². The molecular formula is C19H29ClN4O3. The Labute approximate surface area is 166 Å². The standard InChI is InChI=1S/C19H28N4O3.ClH/c1-26-17-5-3-2-4-16(17)21-18(24)14-22-10-12-23(13-11-22)19(25)15-6-8-20-9-7-15;/h2-5,15,20H,6-14H2,1H3,(H,21,24);1H. The number of hydrogen-bond donors (Lipinski definition) is 2. The lowest BCUT2D eigenvalue weighted by Gasteiger charge is -2.36. The lowest BCUT2D eigenvalue weighted by atomic mass is 9.96. The van der Waals surface area contributed by atoms with Crippen molar-refractivity contribution in [2.45, 2.75) is 12.8 Å². The van der Waals surface area contributed by atoms with E-state index in [2.05, 4.69) is 15.5 Å². The summed E-state index contributed by atoms with van der Waals surface area (Å²) in [6, 6.07) is 7.38. The Morgan fingerprint density at radius 2 is 1.81 bits per heavy atom.